The summed E-state index contributed by atoms with van der Waals surface area (Å²) < 4.78 is 6.82. The summed E-state index contributed by atoms with van der Waals surface area (Å²) in [5.41, 5.74) is 0.295. The van der Waals surface area contributed by atoms with E-state index in [0.29, 0.717) is 11.5 Å². The van der Waals surface area contributed by atoms with Crippen molar-refractivity contribution in [2.24, 2.45) is 7.05 Å². The normalized spacial score (nSPS) is 10.5. The molecule has 2 rings (SSSR count). The first-order chi connectivity index (χ1) is 8.06. The van der Waals surface area contributed by atoms with E-state index in [-0.39, 0.29) is 23.7 Å². The van der Waals surface area contributed by atoms with Crippen molar-refractivity contribution in [2.75, 3.05) is 0 Å². The summed E-state index contributed by atoms with van der Waals surface area (Å²) in [5, 5.41) is 0. The van der Waals surface area contributed by atoms with Gasteiger partial charge in [-0.2, -0.15) is 0 Å². The van der Waals surface area contributed by atoms with E-state index < -0.39 is 0 Å². The Morgan fingerprint density at radius 1 is 1.35 bits per heavy atom. The summed E-state index contributed by atoms with van der Waals surface area (Å²) in [4.78, 5) is 27.3. The molecule has 5 heteroatoms. The van der Waals surface area contributed by atoms with Gasteiger partial charge in [-0.05, 0) is 19.1 Å². The Kier molecular flexibility index (Phi) is 2.91. The Balaban J connectivity index is 2.07. The van der Waals surface area contributed by atoms with Gasteiger partial charge in [0.2, 0.25) is 5.78 Å². The third-order valence-corrected chi connectivity index (χ3v) is 2.33. The molecule has 0 saturated carbocycles. The minimum Gasteiger partial charge on any atom is -0.458 e. The lowest BCUT2D eigenvalue weighted by Crippen LogP contribution is -2.08. The summed E-state index contributed by atoms with van der Waals surface area (Å²) in [6.45, 7) is 1.75. The van der Waals surface area contributed by atoms with E-state index in [9.17, 15) is 9.59 Å². The van der Waals surface area contributed by atoms with Gasteiger partial charge in [-0.25, -0.2) is 4.98 Å². The maximum atomic E-state index is 11.7. The van der Waals surface area contributed by atoms with Crippen molar-refractivity contribution in [1.82, 2.24) is 9.55 Å². The number of ketones is 2. The van der Waals surface area contributed by atoms with Gasteiger partial charge in [-0.15, -0.1) is 0 Å². The number of hydrogen-bond donors (Lipinski definition) is 0. The van der Waals surface area contributed by atoms with Crippen LogP contribution in [0.4, 0.5) is 0 Å². The molecular weight excluding hydrogens is 220 g/mol. The van der Waals surface area contributed by atoms with Crippen LogP contribution in [-0.2, 0) is 7.05 Å². The Morgan fingerprint density at radius 3 is 2.65 bits per heavy atom. The highest BCUT2D eigenvalue weighted by molar-refractivity contribution is 6.11. The van der Waals surface area contributed by atoms with Gasteiger partial charge in [-0.1, -0.05) is 0 Å². The summed E-state index contributed by atoms with van der Waals surface area (Å²) in [6, 6.07) is 3.27. The molecule has 0 fully saturated rings. The molecule has 2 aromatic rings. The van der Waals surface area contributed by atoms with Gasteiger partial charge in [0, 0.05) is 13.2 Å². The number of carbonyl (C=O) groups excluding carboxylic acids is 2. The van der Waals surface area contributed by atoms with Crippen molar-refractivity contribution in [3.8, 4) is 0 Å². The Bertz CT molecular complexity index is 516. The second kappa shape index (κ2) is 4.37. The summed E-state index contributed by atoms with van der Waals surface area (Å²) >= 11 is 0. The fourth-order valence-electron chi connectivity index (χ4n) is 1.46. The molecule has 0 atom stereocenters. The predicted octanol–water partition coefficient (Wildman–Crippen LogP) is 1.78. The largest absolute Gasteiger partial charge is 0.458 e. The van der Waals surface area contributed by atoms with Gasteiger partial charge < -0.3 is 8.98 Å². The van der Waals surface area contributed by atoms with E-state index in [2.05, 4.69) is 4.98 Å². The minimum absolute atomic E-state index is 0.215. The molecule has 88 valence electrons. The first kappa shape index (κ1) is 11.3. The number of hydrogen-bond acceptors (Lipinski definition) is 4. The topological polar surface area (TPSA) is 65.1 Å². The van der Waals surface area contributed by atoms with Crippen molar-refractivity contribution < 1.29 is 14.0 Å². The smallest absolute Gasteiger partial charge is 0.205 e. The zero-order valence-electron chi connectivity index (χ0n) is 9.64. The number of Topliss-reactive ketones (excluding diaryl/α,β-unsaturated/α-hetero) is 2. The molecule has 0 N–H and O–H groups in total. The van der Waals surface area contributed by atoms with Gasteiger partial charge >= 0.3 is 0 Å². The number of carbonyl (C=O) groups is 2. The molecule has 0 unspecified atom stereocenters. The average Bonchev–Trinajstić information content (AvgIpc) is 2.87. The molecular formula is C12H12N2O3. The van der Waals surface area contributed by atoms with Gasteiger partial charge in [-0.3, -0.25) is 9.59 Å². The van der Waals surface area contributed by atoms with Crippen molar-refractivity contribution in [2.45, 2.75) is 13.3 Å². The number of aromatic nitrogens is 2. The third kappa shape index (κ3) is 2.50. The highest BCUT2D eigenvalue weighted by Crippen LogP contribution is 2.10. The van der Waals surface area contributed by atoms with Crippen molar-refractivity contribution in [1.29, 1.82) is 0 Å². The SMILES string of the molecule is Cc1ccc(C(=O)CC(=O)c2cn(C)cn2)o1. The lowest BCUT2D eigenvalue weighted by molar-refractivity contribution is 0.0875. The molecule has 0 bridgehead atoms. The Labute approximate surface area is 98.1 Å². The lowest BCUT2D eigenvalue weighted by Gasteiger charge is -1.95. The van der Waals surface area contributed by atoms with E-state index in [4.69, 9.17) is 4.42 Å². The van der Waals surface area contributed by atoms with Crippen LogP contribution in [-0.4, -0.2) is 21.1 Å². The fourth-order valence-corrected chi connectivity index (χ4v) is 1.46. The molecule has 17 heavy (non-hydrogen) atoms. The highest BCUT2D eigenvalue weighted by Gasteiger charge is 2.17. The van der Waals surface area contributed by atoms with Crippen LogP contribution in [0.2, 0.25) is 0 Å². The maximum absolute atomic E-state index is 11.7. The van der Waals surface area contributed by atoms with Crippen LogP contribution in [0.5, 0.6) is 0 Å². The van der Waals surface area contributed by atoms with Crippen LogP contribution in [0.1, 0.15) is 33.2 Å². The van der Waals surface area contributed by atoms with Crippen LogP contribution in [0, 0.1) is 6.92 Å². The van der Waals surface area contributed by atoms with E-state index in [1.165, 1.54) is 6.33 Å². The van der Waals surface area contributed by atoms with E-state index in [1.807, 2.05) is 0 Å². The molecule has 0 aliphatic rings. The molecule has 2 aromatic heterocycles. The van der Waals surface area contributed by atoms with Gasteiger partial charge in [0.05, 0.1) is 12.7 Å². The standard InChI is InChI=1S/C12H12N2O3/c1-8-3-4-12(17-8)11(16)5-10(15)9-6-14(2)7-13-9/h3-4,6-7H,5H2,1-2H3. The molecule has 0 spiro atoms. The van der Waals surface area contributed by atoms with Crippen LogP contribution in [0.15, 0.2) is 29.1 Å². The van der Waals surface area contributed by atoms with Crippen molar-refractivity contribution in [3.05, 3.63) is 41.9 Å². The zero-order chi connectivity index (χ0) is 12.4. The number of furan rings is 1. The van der Waals surface area contributed by atoms with Crippen LogP contribution in [0.25, 0.3) is 0 Å². The van der Waals surface area contributed by atoms with E-state index in [1.54, 1.807) is 36.9 Å². The third-order valence-electron chi connectivity index (χ3n) is 2.33. The summed E-state index contributed by atoms with van der Waals surface area (Å²) in [7, 11) is 1.77. The number of imidazole rings is 1. The molecule has 0 aliphatic heterocycles. The van der Waals surface area contributed by atoms with E-state index >= 15 is 0 Å². The second-order valence-electron chi connectivity index (χ2n) is 3.86. The Hall–Kier alpha value is -2.17. The molecule has 0 aromatic carbocycles. The van der Waals surface area contributed by atoms with Crippen molar-refractivity contribution in [3.63, 3.8) is 0 Å². The molecule has 0 saturated heterocycles. The van der Waals surface area contributed by atoms with E-state index in [0.717, 1.165) is 0 Å². The molecule has 0 radical (unpaired) electrons. The molecule has 0 amide bonds. The maximum Gasteiger partial charge on any atom is 0.205 e. The predicted molar refractivity (Wildman–Crippen MR) is 59.9 cm³/mol. The number of aryl methyl sites for hydroxylation is 2. The van der Waals surface area contributed by atoms with Gasteiger partial charge in [0.25, 0.3) is 0 Å². The van der Waals surface area contributed by atoms with Crippen LogP contribution < -0.4 is 0 Å². The first-order valence-corrected chi connectivity index (χ1v) is 5.17. The minimum atomic E-state index is -0.325. The van der Waals surface area contributed by atoms with Gasteiger partial charge in [0.15, 0.2) is 11.5 Å². The first-order valence-electron chi connectivity index (χ1n) is 5.17. The molecule has 2 heterocycles. The van der Waals surface area contributed by atoms with Crippen LogP contribution in [0.3, 0.4) is 0 Å². The zero-order valence-corrected chi connectivity index (χ0v) is 9.64. The number of rotatable bonds is 4. The monoisotopic (exact) mass is 232 g/mol. The Morgan fingerprint density at radius 2 is 2.12 bits per heavy atom. The van der Waals surface area contributed by atoms with Gasteiger partial charge in [0.1, 0.15) is 11.5 Å². The number of nitrogens with zero attached hydrogens (tertiary/aromatic N) is 2. The average molecular weight is 232 g/mol. The quantitative estimate of drug-likeness (QED) is 0.595. The van der Waals surface area contributed by atoms with Crippen molar-refractivity contribution >= 4 is 11.6 Å². The summed E-state index contributed by atoms with van der Waals surface area (Å²) in [6.07, 6.45) is 2.89. The summed E-state index contributed by atoms with van der Waals surface area (Å²) in [5.74, 6) is 0.240. The highest BCUT2D eigenvalue weighted by atomic mass is 16.3. The fraction of sp³-hybridized carbons (Fsp3) is 0.250. The second-order valence-corrected chi connectivity index (χ2v) is 3.86. The van der Waals surface area contributed by atoms with Crippen LogP contribution >= 0.6 is 0 Å². The lowest BCUT2D eigenvalue weighted by atomic mass is 10.1. The molecule has 0 aliphatic carbocycles. The molecule has 5 nitrogen and oxygen atoms in total.